The minimum absolute atomic E-state index is 0. The fourth-order valence-corrected chi connectivity index (χ4v) is 2.25. The van der Waals surface area contributed by atoms with Crippen LogP contribution in [0.1, 0.15) is 41.0 Å². The van der Waals surface area contributed by atoms with Gasteiger partial charge in [0.05, 0.1) is 11.3 Å². The van der Waals surface area contributed by atoms with Crippen molar-refractivity contribution in [2.75, 3.05) is 6.54 Å². The third-order valence-corrected chi connectivity index (χ3v) is 3.69. The fraction of sp³-hybridized carbons (Fsp3) is 0.667. The van der Waals surface area contributed by atoms with Crippen LogP contribution >= 0.6 is 12.4 Å². The van der Waals surface area contributed by atoms with E-state index in [-0.39, 0.29) is 23.9 Å². The molecule has 102 valence electrons. The van der Waals surface area contributed by atoms with Crippen molar-refractivity contribution in [1.82, 2.24) is 15.1 Å². The van der Waals surface area contributed by atoms with E-state index < -0.39 is 0 Å². The minimum Gasteiger partial charge on any atom is -0.350 e. The average molecular weight is 273 g/mol. The number of rotatable bonds is 3. The Morgan fingerprint density at radius 2 is 2.11 bits per heavy atom. The summed E-state index contributed by atoms with van der Waals surface area (Å²) in [5.74, 6) is -0.0650. The zero-order valence-corrected chi connectivity index (χ0v) is 11.9. The van der Waals surface area contributed by atoms with Crippen LogP contribution in [0.4, 0.5) is 0 Å². The normalized spacial score (nSPS) is 16.7. The van der Waals surface area contributed by atoms with Crippen molar-refractivity contribution in [3.8, 4) is 0 Å². The van der Waals surface area contributed by atoms with Gasteiger partial charge in [-0.25, -0.2) is 0 Å². The van der Waals surface area contributed by atoms with Crippen molar-refractivity contribution >= 4 is 18.3 Å². The molecule has 2 rings (SSSR count). The second kappa shape index (κ2) is 5.28. The van der Waals surface area contributed by atoms with Gasteiger partial charge in [0.2, 0.25) is 0 Å². The Morgan fingerprint density at radius 1 is 1.50 bits per heavy atom. The topological polar surface area (TPSA) is 72.9 Å². The number of amides is 1. The van der Waals surface area contributed by atoms with Crippen LogP contribution in [-0.4, -0.2) is 27.8 Å². The molecule has 1 aliphatic carbocycles. The predicted octanol–water partition coefficient (Wildman–Crippen LogP) is 1.07. The first-order valence-electron chi connectivity index (χ1n) is 6.00. The Balaban J connectivity index is 0.00000162. The number of nitrogens with two attached hydrogens (primary N) is 1. The van der Waals surface area contributed by atoms with Gasteiger partial charge in [0, 0.05) is 24.8 Å². The molecule has 0 radical (unpaired) electrons. The SMILES string of the molecule is Cc1nn(C)c(C)c1C(=O)NCC1(N)CCC1.Cl. The summed E-state index contributed by atoms with van der Waals surface area (Å²) in [6, 6.07) is 0. The van der Waals surface area contributed by atoms with E-state index in [1.165, 1.54) is 0 Å². The number of aromatic nitrogens is 2. The maximum atomic E-state index is 12.1. The molecular weight excluding hydrogens is 252 g/mol. The van der Waals surface area contributed by atoms with Crippen LogP contribution in [0, 0.1) is 13.8 Å². The van der Waals surface area contributed by atoms with Gasteiger partial charge < -0.3 is 11.1 Å². The van der Waals surface area contributed by atoms with E-state index in [0.717, 1.165) is 30.7 Å². The molecule has 1 fully saturated rings. The first-order chi connectivity index (χ1) is 7.93. The lowest BCUT2D eigenvalue weighted by atomic mass is 9.78. The standard InChI is InChI=1S/C12H20N4O.ClH/c1-8-10(9(2)16(3)15-8)11(17)14-7-12(13)5-4-6-12;/h4-7,13H2,1-3H3,(H,14,17);1H. The van der Waals surface area contributed by atoms with Gasteiger partial charge in [0.1, 0.15) is 0 Å². The van der Waals surface area contributed by atoms with Gasteiger partial charge in [-0.2, -0.15) is 5.10 Å². The summed E-state index contributed by atoms with van der Waals surface area (Å²) in [5.41, 5.74) is 8.22. The fourth-order valence-electron chi connectivity index (χ4n) is 2.25. The highest BCUT2D eigenvalue weighted by atomic mass is 35.5. The van der Waals surface area contributed by atoms with E-state index in [1.54, 1.807) is 4.68 Å². The molecule has 1 amide bonds. The zero-order chi connectivity index (χ0) is 12.6. The van der Waals surface area contributed by atoms with E-state index in [1.807, 2.05) is 20.9 Å². The number of carbonyl (C=O) groups is 1. The molecule has 0 saturated heterocycles. The first-order valence-corrected chi connectivity index (χ1v) is 6.00. The summed E-state index contributed by atoms with van der Waals surface area (Å²) in [5, 5.41) is 7.15. The Bertz CT molecular complexity index is 451. The van der Waals surface area contributed by atoms with Crippen molar-refractivity contribution < 1.29 is 4.79 Å². The van der Waals surface area contributed by atoms with E-state index >= 15 is 0 Å². The van der Waals surface area contributed by atoms with Crippen molar-refractivity contribution in [1.29, 1.82) is 0 Å². The van der Waals surface area contributed by atoms with Gasteiger partial charge in [0.25, 0.3) is 5.91 Å². The van der Waals surface area contributed by atoms with Crippen molar-refractivity contribution in [2.45, 2.75) is 38.6 Å². The average Bonchev–Trinajstić information content (AvgIpc) is 2.47. The van der Waals surface area contributed by atoms with Crippen molar-refractivity contribution in [3.05, 3.63) is 17.0 Å². The number of halogens is 1. The van der Waals surface area contributed by atoms with Gasteiger partial charge in [0.15, 0.2) is 0 Å². The lowest BCUT2D eigenvalue weighted by molar-refractivity contribution is 0.0928. The number of aryl methyl sites for hydroxylation is 2. The van der Waals surface area contributed by atoms with Gasteiger partial charge in [-0.15, -0.1) is 12.4 Å². The molecule has 18 heavy (non-hydrogen) atoms. The van der Waals surface area contributed by atoms with Crippen LogP contribution < -0.4 is 11.1 Å². The second-order valence-corrected chi connectivity index (χ2v) is 5.07. The summed E-state index contributed by atoms with van der Waals surface area (Å²) >= 11 is 0. The summed E-state index contributed by atoms with van der Waals surface area (Å²) in [6.45, 7) is 4.31. The quantitative estimate of drug-likeness (QED) is 0.865. The molecule has 0 spiro atoms. The number of hydrogen-bond acceptors (Lipinski definition) is 3. The summed E-state index contributed by atoms with van der Waals surface area (Å²) in [4.78, 5) is 12.1. The van der Waals surface area contributed by atoms with E-state index in [4.69, 9.17) is 5.73 Å². The molecule has 1 saturated carbocycles. The Kier molecular flexibility index (Phi) is 4.40. The van der Waals surface area contributed by atoms with Crippen LogP contribution in [0.5, 0.6) is 0 Å². The van der Waals surface area contributed by atoms with E-state index in [9.17, 15) is 4.79 Å². The van der Waals surface area contributed by atoms with Crippen LogP contribution in [0.15, 0.2) is 0 Å². The molecule has 1 heterocycles. The van der Waals surface area contributed by atoms with Crippen LogP contribution in [0.2, 0.25) is 0 Å². The van der Waals surface area contributed by atoms with E-state index in [0.29, 0.717) is 12.1 Å². The molecule has 0 aromatic carbocycles. The third-order valence-electron chi connectivity index (χ3n) is 3.69. The van der Waals surface area contributed by atoms with Crippen LogP contribution in [-0.2, 0) is 7.05 Å². The zero-order valence-electron chi connectivity index (χ0n) is 11.1. The summed E-state index contributed by atoms with van der Waals surface area (Å²) < 4.78 is 1.73. The molecule has 0 atom stereocenters. The first kappa shape index (κ1) is 15.0. The van der Waals surface area contributed by atoms with E-state index in [2.05, 4.69) is 10.4 Å². The highest BCUT2D eigenvalue weighted by Gasteiger charge is 2.33. The Hall–Kier alpha value is -1.07. The highest BCUT2D eigenvalue weighted by molar-refractivity contribution is 5.96. The van der Waals surface area contributed by atoms with Crippen molar-refractivity contribution in [2.24, 2.45) is 12.8 Å². The molecule has 3 N–H and O–H groups in total. The lowest BCUT2D eigenvalue weighted by Gasteiger charge is -2.38. The molecule has 0 unspecified atom stereocenters. The summed E-state index contributed by atoms with van der Waals surface area (Å²) in [7, 11) is 1.84. The predicted molar refractivity (Wildman–Crippen MR) is 73.0 cm³/mol. The molecule has 5 nitrogen and oxygen atoms in total. The number of nitrogens with one attached hydrogen (secondary N) is 1. The Labute approximate surface area is 114 Å². The molecule has 0 aliphatic heterocycles. The van der Waals surface area contributed by atoms with Gasteiger partial charge in [-0.05, 0) is 33.1 Å². The van der Waals surface area contributed by atoms with Crippen molar-refractivity contribution in [3.63, 3.8) is 0 Å². The third kappa shape index (κ3) is 2.67. The number of carbonyl (C=O) groups excluding carboxylic acids is 1. The maximum absolute atomic E-state index is 12.1. The minimum atomic E-state index is -0.181. The molecule has 1 aromatic rings. The molecular formula is C12H21ClN4O. The molecule has 1 aliphatic rings. The van der Waals surface area contributed by atoms with Gasteiger partial charge in [-0.1, -0.05) is 0 Å². The monoisotopic (exact) mass is 272 g/mol. The lowest BCUT2D eigenvalue weighted by Crippen LogP contribution is -2.55. The molecule has 0 bridgehead atoms. The maximum Gasteiger partial charge on any atom is 0.255 e. The van der Waals surface area contributed by atoms with Gasteiger partial charge >= 0.3 is 0 Å². The smallest absolute Gasteiger partial charge is 0.255 e. The second-order valence-electron chi connectivity index (χ2n) is 5.07. The molecule has 1 aromatic heterocycles. The summed E-state index contributed by atoms with van der Waals surface area (Å²) in [6.07, 6.45) is 3.16. The van der Waals surface area contributed by atoms with Crippen LogP contribution in [0.25, 0.3) is 0 Å². The van der Waals surface area contributed by atoms with Crippen LogP contribution in [0.3, 0.4) is 0 Å². The van der Waals surface area contributed by atoms with Gasteiger partial charge in [-0.3, -0.25) is 9.48 Å². The molecule has 6 heteroatoms. The largest absolute Gasteiger partial charge is 0.350 e. The number of hydrogen-bond donors (Lipinski definition) is 2. The highest BCUT2D eigenvalue weighted by Crippen LogP contribution is 2.28. The Morgan fingerprint density at radius 3 is 2.50 bits per heavy atom. The number of nitrogens with zero attached hydrogens (tertiary/aromatic N) is 2.